The summed E-state index contributed by atoms with van der Waals surface area (Å²) in [4.78, 5) is 2.36. The highest BCUT2D eigenvalue weighted by molar-refractivity contribution is 5.25. The van der Waals surface area contributed by atoms with E-state index in [1.165, 1.54) is 17.7 Å². The van der Waals surface area contributed by atoms with E-state index in [-0.39, 0.29) is 17.5 Å². The third-order valence-corrected chi connectivity index (χ3v) is 5.33. The maximum atomic E-state index is 13.0. The van der Waals surface area contributed by atoms with E-state index in [1.54, 1.807) is 12.1 Å². The molecule has 0 bridgehead atoms. The summed E-state index contributed by atoms with van der Waals surface area (Å²) in [6.45, 7) is 0.561. The fourth-order valence-corrected chi connectivity index (χ4v) is 3.77. The van der Waals surface area contributed by atoms with E-state index in [9.17, 15) is 4.39 Å². The fourth-order valence-electron chi connectivity index (χ4n) is 3.77. The van der Waals surface area contributed by atoms with E-state index >= 15 is 0 Å². The van der Waals surface area contributed by atoms with Crippen LogP contribution in [0.5, 0.6) is 0 Å². The number of benzene rings is 2. The van der Waals surface area contributed by atoms with Gasteiger partial charge in [0.05, 0.1) is 12.7 Å². The van der Waals surface area contributed by atoms with Crippen LogP contribution in [0.25, 0.3) is 0 Å². The summed E-state index contributed by atoms with van der Waals surface area (Å²) < 4.78 is 19.0. The van der Waals surface area contributed by atoms with Crippen LogP contribution < -0.4 is 0 Å². The zero-order valence-electron chi connectivity index (χ0n) is 14.5. The van der Waals surface area contributed by atoms with Gasteiger partial charge in [-0.05, 0) is 63.0 Å². The molecule has 0 saturated heterocycles. The zero-order valence-corrected chi connectivity index (χ0v) is 14.5. The van der Waals surface area contributed by atoms with Crippen LogP contribution >= 0.6 is 0 Å². The summed E-state index contributed by atoms with van der Waals surface area (Å²) in [7, 11) is 4.35. The number of hydrogen-bond donors (Lipinski definition) is 0. The molecule has 1 aliphatic carbocycles. The molecule has 1 fully saturated rings. The second-order valence-corrected chi connectivity index (χ2v) is 6.93. The molecule has 3 heteroatoms. The Morgan fingerprint density at radius 2 is 1.62 bits per heavy atom. The molecule has 1 saturated carbocycles. The Bertz CT molecular complexity index is 631. The van der Waals surface area contributed by atoms with E-state index < -0.39 is 0 Å². The minimum absolute atomic E-state index is 0.108. The Morgan fingerprint density at radius 1 is 1.00 bits per heavy atom. The molecule has 24 heavy (non-hydrogen) atoms. The first-order valence-corrected chi connectivity index (χ1v) is 8.69. The van der Waals surface area contributed by atoms with Gasteiger partial charge in [0.15, 0.2) is 0 Å². The average Bonchev–Trinajstić information content (AvgIpc) is 2.62. The summed E-state index contributed by atoms with van der Waals surface area (Å²) in [5.41, 5.74) is 2.53. The molecular weight excluding hydrogens is 301 g/mol. The molecule has 0 atom stereocenters. The lowest BCUT2D eigenvalue weighted by Crippen LogP contribution is -2.45. The Balaban J connectivity index is 1.60. The van der Waals surface area contributed by atoms with Crippen molar-refractivity contribution in [2.45, 2.75) is 43.9 Å². The molecule has 0 aliphatic heterocycles. The predicted octanol–water partition coefficient (Wildman–Crippen LogP) is 4.74. The van der Waals surface area contributed by atoms with Gasteiger partial charge in [-0.25, -0.2) is 4.39 Å². The fraction of sp³-hybridized carbons (Fsp3) is 0.429. The van der Waals surface area contributed by atoms with Crippen molar-refractivity contribution in [1.82, 2.24) is 4.90 Å². The highest BCUT2D eigenvalue weighted by atomic mass is 19.1. The van der Waals surface area contributed by atoms with Gasteiger partial charge in [0.25, 0.3) is 0 Å². The molecule has 1 aliphatic rings. The van der Waals surface area contributed by atoms with Crippen molar-refractivity contribution < 1.29 is 9.13 Å². The minimum Gasteiger partial charge on any atom is -0.374 e. The molecule has 2 aromatic carbocycles. The zero-order chi connectivity index (χ0) is 17.0. The van der Waals surface area contributed by atoms with Gasteiger partial charge in [0.2, 0.25) is 0 Å². The SMILES string of the molecule is CN(C)[C@]1(c2ccccc2)CC[C@@H](OCc2ccc(F)cc2)CC1. The van der Waals surface area contributed by atoms with Crippen molar-refractivity contribution in [2.75, 3.05) is 14.1 Å². The topological polar surface area (TPSA) is 12.5 Å². The molecule has 0 heterocycles. The summed E-state index contributed by atoms with van der Waals surface area (Å²) in [5.74, 6) is -0.199. The molecule has 0 N–H and O–H groups in total. The first-order valence-electron chi connectivity index (χ1n) is 8.69. The smallest absolute Gasteiger partial charge is 0.123 e. The predicted molar refractivity (Wildman–Crippen MR) is 95.3 cm³/mol. The Kier molecular flexibility index (Phi) is 5.32. The van der Waals surface area contributed by atoms with Crippen molar-refractivity contribution in [2.24, 2.45) is 0 Å². The van der Waals surface area contributed by atoms with E-state index in [0.717, 1.165) is 31.2 Å². The molecule has 0 radical (unpaired) electrons. The normalized spacial score (nSPS) is 24.2. The summed E-state index contributed by atoms with van der Waals surface area (Å²) in [6.07, 6.45) is 4.57. The van der Waals surface area contributed by atoms with Crippen LogP contribution in [0.3, 0.4) is 0 Å². The van der Waals surface area contributed by atoms with Gasteiger partial charge >= 0.3 is 0 Å². The van der Waals surface area contributed by atoms with E-state index in [4.69, 9.17) is 4.74 Å². The maximum Gasteiger partial charge on any atom is 0.123 e. The lowest BCUT2D eigenvalue weighted by atomic mass is 9.74. The molecular formula is C21H26FNO. The summed E-state index contributed by atoms with van der Waals surface area (Å²) >= 11 is 0. The van der Waals surface area contributed by atoms with Crippen molar-refractivity contribution in [3.63, 3.8) is 0 Å². The Morgan fingerprint density at radius 3 is 2.21 bits per heavy atom. The van der Waals surface area contributed by atoms with Crippen molar-refractivity contribution >= 4 is 0 Å². The second-order valence-electron chi connectivity index (χ2n) is 6.93. The van der Waals surface area contributed by atoms with Gasteiger partial charge in [-0.15, -0.1) is 0 Å². The second kappa shape index (κ2) is 7.45. The molecule has 0 unspecified atom stereocenters. The molecule has 3 rings (SSSR count). The molecule has 0 aromatic heterocycles. The van der Waals surface area contributed by atoms with Crippen molar-refractivity contribution in [3.05, 3.63) is 71.5 Å². The van der Waals surface area contributed by atoms with Gasteiger partial charge < -0.3 is 4.74 Å². The summed E-state index contributed by atoms with van der Waals surface area (Å²) in [5, 5.41) is 0. The van der Waals surface area contributed by atoms with Crippen LogP contribution in [0.4, 0.5) is 4.39 Å². The van der Waals surface area contributed by atoms with Crippen LogP contribution in [0.15, 0.2) is 54.6 Å². The molecule has 0 spiro atoms. The monoisotopic (exact) mass is 327 g/mol. The average molecular weight is 327 g/mol. The number of nitrogens with zero attached hydrogens (tertiary/aromatic N) is 1. The number of hydrogen-bond acceptors (Lipinski definition) is 2. The highest BCUT2D eigenvalue weighted by Gasteiger charge is 2.38. The minimum atomic E-state index is -0.199. The molecule has 2 aromatic rings. The van der Waals surface area contributed by atoms with Gasteiger partial charge in [-0.3, -0.25) is 4.90 Å². The summed E-state index contributed by atoms with van der Waals surface area (Å²) in [6, 6.07) is 17.4. The number of halogens is 1. The van der Waals surface area contributed by atoms with Crippen LogP contribution in [-0.4, -0.2) is 25.1 Å². The van der Waals surface area contributed by atoms with Gasteiger partial charge in [-0.1, -0.05) is 42.5 Å². The molecule has 128 valence electrons. The third-order valence-electron chi connectivity index (χ3n) is 5.33. The van der Waals surface area contributed by atoms with Gasteiger partial charge in [0.1, 0.15) is 5.82 Å². The first-order chi connectivity index (χ1) is 11.6. The van der Waals surface area contributed by atoms with Crippen LogP contribution in [0.2, 0.25) is 0 Å². The van der Waals surface area contributed by atoms with Gasteiger partial charge in [-0.2, -0.15) is 0 Å². The highest BCUT2D eigenvalue weighted by Crippen LogP contribution is 2.41. The Labute approximate surface area is 144 Å². The Hall–Kier alpha value is -1.71. The standard InChI is InChI=1S/C21H26FNO/c1-23(2)21(18-6-4-3-5-7-18)14-12-20(13-15-21)24-16-17-8-10-19(22)11-9-17/h3-11,20H,12-16H2,1-2H3/t20-,21-. The lowest BCUT2D eigenvalue weighted by molar-refractivity contribution is -0.0248. The first kappa shape index (κ1) is 17.1. The third kappa shape index (κ3) is 3.68. The van der Waals surface area contributed by atoms with Crippen LogP contribution in [0.1, 0.15) is 36.8 Å². The van der Waals surface area contributed by atoms with Gasteiger partial charge in [0, 0.05) is 5.54 Å². The quantitative estimate of drug-likeness (QED) is 0.786. The van der Waals surface area contributed by atoms with Crippen molar-refractivity contribution in [1.29, 1.82) is 0 Å². The van der Waals surface area contributed by atoms with E-state index in [2.05, 4.69) is 49.3 Å². The molecule has 2 nitrogen and oxygen atoms in total. The number of ether oxygens (including phenoxy) is 1. The molecule has 0 amide bonds. The van der Waals surface area contributed by atoms with Crippen LogP contribution in [0, 0.1) is 5.82 Å². The number of rotatable bonds is 5. The lowest BCUT2D eigenvalue weighted by Gasteiger charge is -2.45. The largest absolute Gasteiger partial charge is 0.374 e. The van der Waals surface area contributed by atoms with E-state index in [0.29, 0.717) is 6.61 Å². The van der Waals surface area contributed by atoms with Crippen LogP contribution in [-0.2, 0) is 16.9 Å². The van der Waals surface area contributed by atoms with E-state index in [1.807, 2.05) is 0 Å². The van der Waals surface area contributed by atoms with Crippen molar-refractivity contribution in [3.8, 4) is 0 Å². The maximum absolute atomic E-state index is 13.0.